The normalized spacial score (nSPS) is 16.8. The SMILES string of the molecule is O=C(/C=C/c1cccs1)NCCSC1CCOCC1. The summed E-state index contributed by atoms with van der Waals surface area (Å²) in [6, 6.07) is 3.97. The van der Waals surface area contributed by atoms with Gasteiger partial charge >= 0.3 is 0 Å². The lowest BCUT2D eigenvalue weighted by Crippen LogP contribution is -2.25. The van der Waals surface area contributed by atoms with E-state index >= 15 is 0 Å². The molecule has 0 spiro atoms. The molecule has 19 heavy (non-hydrogen) atoms. The Labute approximate surface area is 122 Å². The fraction of sp³-hybridized carbons (Fsp3) is 0.500. The van der Waals surface area contributed by atoms with E-state index in [0.717, 1.165) is 43.2 Å². The first-order chi connectivity index (χ1) is 9.34. The molecule has 2 heterocycles. The average molecular weight is 297 g/mol. The van der Waals surface area contributed by atoms with E-state index in [1.807, 2.05) is 35.4 Å². The highest BCUT2D eigenvalue weighted by Gasteiger charge is 2.13. The number of thioether (sulfide) groups is 1. The molecule has 1 amide bonds. The fourth-order valence-corrected chi connectivity index (χ4v) is 3.54. The maximum atomic E-state index is 11.6. The van der Waals surface area contributed by atoms with Crippen LogP contribution in [0.15, 0.2) is 23.6 Å². The van der Waals surface area contributed by atoms with E-state index < -0.39 is 0 Å². The van der Waals surface area contributed by atoms with Gasteiger partial charge in [0.2, 0.25) is 5.91 Å². The lowest BCUT2D eigenvalue weighted by molar-refractivity contribution is -0.116. The van der Waals surface area contributed by atoms with Crippen molar-refractivity contribution >= 4 is 35.1 Å². The molecule has 1 aromatic rings. The number of carbonyl (C=O) groups excluding carboxylic acids is 1. The molecule has 1 fully saturated rings. The van der Waals surface area contributed by atoms with Crippen LogP contribution in [-0.4, -0.2) is 36.7 Å². The highest BCUT2D eigenvalue weighted by Crippen LogP contribution is 2.21. The lowest BCUT2D eigenvalue weighted by atomic mass is 10.2. The molecular weight excluding hydrogens is 278 g/mol. The molecule has 0 aromatic carbocycles. The summed E-state index contributed by atoms with van der Waals surface area (Å²) in [4.78, 5) is 12.7. The van der Waals surface area contributed by atoms with Crippen molar-refractivity contribution in [1.29, 1.82) is 0 Å². The summed E-state index contributed by atoms with van der Waals surface area (Å²) < 4.78 is 5.32. The van der Waals surface area contributed by atoms with Crippen LogP contribution in [0.25, 0.3) is 6.08 Å². The zero-order valence-corrected chi connectivity index (χ0v) is 12.5. The number of amides is 1. The summed E-state index contributed by atoms with van der Waals surface area (Å²) in [5.41, 5.74) is 0. The number of ether oxygens (including phenoxy) is 1. The summed E-state index contributed by atoms with van der Waals surface area (Å²) >= 11 is 3.57. The highest BCUT2D eigenvalue weighted by atomic mass is 32.2. The predicted molar refractivity (Wildman–Crippen MR) is 82.7 cm³/mol. The van der Waals surface area contributed by atoms with Crippen LogP contribution in [0.2, 0.25) is 0 Å². The van der Waals surface area contributed by atoms with Gasteiger partial charge in [-0.2, -0.15) is 11.8 Å². The van der Waals surface area contributed by atoms with Gasteiger partial charge < -0.3 is 10.1 Å². The molecule has 1 saturated heterocycles. The van der Waals surface area contributed by atoms with E-state index in [0.29, 0.717) is 5.25 Å². The van der Waals surface area contributed by atoms with Gasteiger partial charge in [0.05, 0.1) is 0 Å². The fourth-order valence-electron chi connectivity index (χ4n) is 1.85. The van der Waals surface area contributed by atoms with Crippen LogP contribution in [0.1, 0.15) is 17.7 Å². The molecule has 3 nitrogen and oxygen atoms in total. The van der Waals surface area contributed by atoms with Gasteiger partial charge in [-0.3, -0.25) is 4.79 Å². The van der Waals surface area contributed by atoms with Gasteiger partial charge in [0, 0.05) is 41.7 Å². The van der Waals surface area contributed by atoms with Gasteiger partial charge in [-0.25, -0.2) is 0 Å². The van der Waals surface area contributed by atoms with Crippen molar-refractivity contribution in [3.63, 3.8) is 0 Å². The van der Waals surface area contributed by atoms with Crippen LogP contribution >= 0.6 is 23.1 Å². The molecular formula is C14H19NO2S2. The molecule has 0 radical (unpaired) electrons. The third kappa shape index (κ3) is 5.80. The number of hydrogen-bond acceptors (Lipinski definition) is 4. The number of rotatable bonds is 6. The number of thiophene rings is 1. The maximum Gasteiger partial charge on any atom is 0.244 e. The standard InChI is InChI=1S/C14H19NO2S2/c16-14(4-3-12-2-1-10-18-12)15-7-11-19-13-5-8-17-9-6-13/h1-4,10,13H,5-9,11H2,(H,15,16)/b4-3+. The van der Waals surface area contributed by atoms with Crippen LogP contribution in [0.5, 0.6) is 0 Å². The van der Waals surface area contributed by atoms with Crippen LogP contribution in [-0.2, 0) is 9.53 Å². The van der Waals surface area contributed by atoms with Crippen molar-refractivity contribution in [2.75, 3.05) is 25.5 Å². The molecule has 5 heteroatoms. The topological polar surface area (TPSA) is 38.3 Å². The summed E-state index contributed by atoms with van der Waals surface area (Å²) in [5.74, 6) is 0.962. The van der Waals surface area contributed by atoms with Crippen molar-refractivity contribution in [2.24, 2.45) is 0 Å². The van der Waals surface area contributed by atoms with E-state index in [2.05, 4.69) is 5.32 Å². The summed E-state index contributed by atoms with van der Waals surface area (Å²) in [5, 5.41) is 5.61. The maximum absolute atomic E-state index is 11.6. The van der Waals surface area contributed by atoms with Crippen molar-refractivity contribution in [3.05, 3.63) is 28.5 Å². The molecule has 2 rings (SSSR count). The Morgan fingerprint density at radius 1 is 1.53 bits per heavy atom. The van der Waals surface area contributed by atoms with Gasteiger partial charge in [-0.05, 0) is 30.4 Å². The number of carbonyl (C=O) groups is 1. The Bertz CT molecular complexity index is 398. The minimum Gasteiger partial charge on any atom is -0.381 e. The Morgan fingerprint density at radius 3 is 3.11 bits per heavy atom. The monoisotopic (exact) mass is 297 g/mol. The second-order valence-corrected chi connectivity index (χ2v) is 6.71. The van der Waals surface area contributed by atoms with Gasteiger partial charge in [0.1, 0.15) is 0 Å². The van der Waals surface area contributed by atoms with E-state index in [1.165, 1.54) is 0 Å². The van der Waals surface area contributed by atoms with Crippen molar-refractivity contribution in [2.45, 2.75) is 18.1 Å². The summed E-state index contributed by atoms with van der Waals surface area (Å²) in [6.45, 7) is 2.50. The first kappa shape index (κ1) is 14.6. The van der Waals surface area contributed by atoms with Crippen LogP contribution in [0.3, 0.4) is 0 Å². The van der Waals surface area contributed by atoms with E-state index in [9.17, 15) is 4.79 Å². The zero-order valence-electron chi connectivity index (χ0n) is 10.8. The molecule has 104 valence electrons. The first-order valence-corrected chi connectivity index (χ1v) is 8.46. The number of nitrogens with one attached hydrogen (secondary N) is 1. The third-order valence-corrected chi connectivity index (χ3v) is 5.09. The van der Waals surface area contributed by atoms with E-state index in [4.69, 9.17) is 4.74 Å². The lowest BCUT2D eigenvalue weighted by Gasteiger charge is -2.21. The van der Waals surface area contributed by atoms with Gasteiger partial charge in [-0.1, -0.05) is 6.07 Å². The predicted octanol–water partition coefficient (Wildman–Crippen LogP) is 2.79. The molecule has 0 atom stereocenters. The zero-order chi connectivity index (χ0) is 13.3. The Hall–Kier alpha value is -0.780. The summed E-state index contributed by atoms with van der Waals surface area (Å²) in [7, 11) is 0. The van der Waals surface area contributed by atoms with E-state index in [1.54, 1.807) is 17.4 Å². The molecule has 1 N–H and O–H groups in total. The molecule has 0 unspecified atom stereocenters. The Kier molecular flexibility index (Phi) is 6.47. The third-order valence-electron chi connectivity index (χ3n) is 2.87. The van der Waals surface area contributed by atoms with Gasteiger partial charge in [0.15, 0.2) is 0 Å². The van der Waals surface area contributed by atoms with Crippen molar-refractivity contribution < 1.29 is 9.53 Å². The van der Waals surface area contributed by atoms with Crippen molar-refractivity contribution in [3.8, 4) is 0 Å². The summed E-state index contributed by atoms with van der Waals surface area (Å²) in [6.07, 6.45) is 5.73. The van der Waals surface area contributed by atoms with Crippen LogP contribution in [0, 0.1) is 0 Å². The Balaban J connectivity index is 1.56. The van der Waals surface area contributed by atoms with E-state index in [-0.39, 0.29) is 5.91 Å². The second kappa shape index (κ2) is 8.40. The molecule has 1 aliphatic rings. The molecule has 1 aromatic heterocycles. The average Bonchev–Trinajstić information content (AvgIpc) is 2.96. The molecule has 0 bridgehead atoms. The molecule has 1 aliphatic heterocycles. The smallest absolute Gasteiger partial charge is 0.244 e. The highest BCUT2D eigenvalue weighted by molar-refractivity contribution is 7.99. The molecule has 0 saturated carbocycles. The van der Waals surface area contributed by atoms with Gasteiger partial charge in [-0.15, -0.1) is 11.3 Å². The minimum absolute atomic E-state index is 0.0130. The largest absolute Gasteiger partial charge is 0.381 e. The minimum atomic E-state index is -0.0130. The first-order valence-electron chi connectivity index (χ1n) is 6.53. The number of hydrogen-bond donors (Lipinski definition) is 1. The van der Waals surface area contributed by atoms with Crippen LogP contribution in [0.4, 0.5) is 0 Å². The van der Waals surface area contributed by atoms with Gasteiger partial charge in [0.25, 0.3) is 0 Å². The van der Waals surface area contributed by atoms with Crippen molar-refractivity contribution in [1.82, 2.24) is 5.32 Å². The Morgan fingerprint density at radius 2 is 2.37 bits per heavy atom. The second-order valence-electron chi connectivity index (χ2n) is 4.32. The molecule has 0 aliphatic carbocycles. The van der Waals surface area contributed by atoms with Crippen LogP contribution < -0.4 is 5.32 Å². The quantitative estimate of drug-likeness (QED) is 0.648.